The molecule has 1 rings (SSSR count). The van der Waals surface area contributed by atoms with E-state index < -0.39 is 0 Å². The second-order valence-corrected chi connectivity index (χ2v) is 2.89. The first-order chi connectivity index (χ1) is 4.83. The molecule has 1 radical (unpaired) electrons. The van der Waals surface area contributed by atoms with Crippen LogP contribution in [0.5, 0.6) is 0 Å². The van der Waals surface area contributed by atoms with Crippen molar-refractivity contribution < 1.29 is 0 Å². The molecule has 1 atom stereocenters. The molecule has 1 aliphatic heterocycles. The third-order valence-electron chi connectivity index (χ3n) is 1.89. The standard InChI is InChI=1S/C8H15N2/c1-2-5-10-6-3-4-8(9)7-10/h2,8-9H,1,3-7H2. The van der Waals surface area contributed by atoms with Gasteiger partial charge in [-0.25, -0.2) is 0 Å². The summed E-state index contributed by atoms with van der Waals surface area (Å²) in [5.41, 5.74) is 7.50. The van der Waals surface area contributed by atoms with Crippen molar-refractivity contribution in [2.75, 3.05) is 19.6 Å². The zero-order chi connectivity index (χ0) is 7.40. The number of piperidine rings is 1. The number of nitrogens with zero attached hydrogens (tertiary/aromatic N) is 1. The number of likely N-dealkylation sites (tertiary alicyclic amines) is 1. The maximum Gasteiger partial charge on any atom is 0.0340 e. The molecule has 1 fully saturated rings. The average molecular weight is 139 g/mol. The molecule has 0 spiro atoms. The SMILES string of the molecule is C=CCN1CCCC([NH])C1. The summed E-state index contributed by atoms with van der Waals surface area (Å²) in [6, 6.07) is 0.147. The van der Waals surface area contributed by atoms with Crippen molar-refractivity contribution in [1.82, 2.24) is 10.6 Å². The molecule has 1 saturated heterocycles. The van der Waals surface area contributed by atoms with Crippen LogP contribution in [0.15, 0.2) is 12.7 Å². The van der Waals surface area contributed by atoms with Gasteiger partial charge in [0, 0.05) is 19.1 Å². The van der Waals surface area contributed by atoms with E-state index in [0.717, 1.165) is 26.1 Å². The molecule has 0 saturated carbocycles. The van der Waals surface area contributed by atoms with Crippen LogP contribution in [0.1, 0.15) is 12.8 Å². The van der Waals surface area contributed by atoms with Gasteiger partial charge in [-0.15, -0.1) is 6.58 Å². The van der Waals surface area contributed by atoms with Gasteiger partial charge in [-0.3, -0.25) is 10.6 Å². The maximum atomic E-state index is 7.50. The molecule has 0 aromatic carbocycles. The smallest absolute Gasteiger partial charge is 0.0340 e. The van der Waals surface area contributed by atoms with E-state index in [-0.39, 0.29) is 6.04 Å². The number of rotatable bonds is 2. The average Bonchev–Trinajstić information content (AvgIpc) is 1.88. The molecular formula is C8H15N2. The van der Waals surface area contributed by atoms with Crippen LogP contribution < -0.4 is 5.73 Å². The van der Waals surface area contributed by atoms with Gasteiger partial charge in [0.2, 0.25) is 0 Å². The predicted octanol–water partition coefficient (Wildman–Crippen LogP) is 0.920. The van der Waals surface area contributed by atoms with Crippen molar-refractivity contribution in [3.63, 3.8) is 0 Å². The zero-order valence-electron chi connectivity index (χ0n) is 6.34. The van der Waals surface area contributed by atoms with Gasteiger partial charge in [-0.05, 0) is 19.4 Å². The molecule has 0 aliphatic carbocycles. The maximum absolute atomic E-state index is 7.50. The van der Waals surface area contributed by atoms with Crippen LogP contribution in [-0.2, 0) is 0 Å². The van der Waals surface area contributed by atoms with E-state index in [1.165, 1.54) is 6.42 Å². The summed E-state index contributed by atoms with van der Waals surface area (Å²) in [6.45, 7) is 6.72. The van der Waals surface area contributed by atoms with Gasteiger partial charge in [-0.1, -0.05) is 6.08 Å². The first-order valence-corrected chi connectivity index (χ1v) is 3.87. The van der Waals surface area contributed by atoms with Crippen LogP contribution in [0, 0.1) is 0 Å². The summed E-state index contributed by atoms with van der Waals surface area (Å²) < 4.78 is 0. The minimum atomic E-state index is 0.147. The third kappa shape index (κ3) is 2.12. The molecular weight excluding hydrogens is 124 g/mol. The Morgan fingerprint density at radius 2 is 2.50 bits per heavy atom. The molecule has 1 N–H and O–H groups in total. The highest BCUT2D eigenvalue weighted by molar-refractivity contribution is 4.80. The minimum Gasteiger partial charge on any atom is -0.298 e. The molecule has 2 nitrogen and oxygen atoms in total. The second kappa shape index (κ2) is 3.74. The van der Waals surface area contributed by atoms with Gasteiger partial charge in [0.1, 0.15) is 0 Å². The predicted molar refractivity (Wildman–Crippen MR) is 42.8 cm³/mol. The molecule has 0 amide bonds. The highest BCUT2D eigenvalue weighted by Gasteiger charge is 2.14. The lowest BCUT2D eigenvalue weighted by Crippen LogP contribution is -2.38. The Balaban J connectivity index is 2.24. The lowest BCUT2D eigenvalue weighted by atomic mass is 10.1. The quantitative estimate of drug-likeness (QED) is 0.523. The van der Waals surface area contributed by atoms with Crippen molar-refractivity contribution in [2.24, 2.45) is 0 Å². The Morgan fingerprint density at radius 3 is 3.10 bits per heavy atom. The molecule has 2 heteroatoms. The van der Waals surface area contributed by atoms with Crippen molar-refractivity contribution >= 4 is 0 Å². The van der Waals surface area contributed by atoms with Crippen LogP contribution in [0.4, 0.5) is 0 Å². The van der Waals surface area contributed by atoms with E-state index >= 15 is 0 Å². The summed E-state index contributed by atoms with van der Waals surface area (Å²) in [7, 11) is 0. The summed E-state index contributed by atoms with van der Waals surface area (Å²) in [5.74, 6) is 0. The summed E-state index contributed by atoms with van der Waals surface area (Å²) >= 11 is 0. The monoisotopic (exact) mass is 139 g/mol. The summed E-state index contributed by atoms with van der Waals surface area (Å²) in [6.07, 6.45) is 4.17. The van der Waals surface area contributed by atoms with Gasteiger partial charge in [0.05, 0.1) is 0 Å². The summed E-state index contributed by atoms with van der Waals surface area (Å²) in [5, 5.41) is 0. The number of hydrogen-bond acceptors (Lipinski definition) is 1. The fourth-order valence-electron chi connectivity index (χ4n) is 1.40. The first-order valence-electron chi connectivity index (χ1n) is 3.87. The van der Waals surface area contributed by atoms with E-state index in [1.54, 1.807) is 0 Å². The Hall–Kier alpha value is -0.340. The Labute approximate surface area is 62.7 Å². The largest absolute Gasteiger partial charge is 0.298 e. The van der Waals surface area contributed by atoms with Gasteiger partial charge >= 0.3 is 0 Å². The molecule has 1 unspecified atom stereocenters. The molecule has 0 aromatic heterocycles. The third-order valence-corrected chi connectivity index (χ3v) is 1.89. The van der Waals surface area contributed by atoms with Crippen molar-refractivity contribution in [3.8, 4) is 0 Å². The van der Waals surface area contributed by atoms with Crippen LogP contribution in [0.2, 0.25) is 0 Å². The van der Waals surface area contributed by atoms with Gasteiger partial charge in [-0.2, -0.15) is 0 Å². The second-order valence-electron chi connectivity index (χ2n) is 2.89. The Kier molecular flexibility index (Phi) is 2.90. The fourth-order valence-corrected chi connectivity index (χ4v) is 1.40. The van der Waals surface area contributed by atoms with Gasteiger partial charge in [0.25, 0.3) is 0 Å². The molecule has 0 aromatic rings. The topological polar surface area (TPSA) is 27.0 Å². The van der Waals surface area contributed by atoms with E-state index in [4.69, 9.17) is 5.73 Å². The van der Waals surface area contributed by atoms with E-state index in [9.17, 15) is 0 Å². The van der Waals surface area contributed by atoms with Crippen molar-refractivity contribution in [1.29, 1.82) is 0 Å². The van der Waals surface area contributed by atoms with Gasteiger partial charge < -0.3 is 0 Å². The molecule has 1 heterocycles. The van der Waals surface area contributed by atoms with E-state index in [2.05, 4.69) is 11.5 Å². The highest BCUT2D eigenvalue weighted by Crippen LogP contribution is 2.08. The van der Waals surface area contributed by atoms with Crippen LogP contribution >= 0.6 is 0 Å². The van der Waals surface area contributed by atoms with Gasteiger partial charge in [0.15, 0.2) is 0 Å². The highest BCUT2D eigenvalue weighted by atomic mass is 15.1. The number of hydrogen-bond donors (Lipinski definition) is 0. The van der Waals surface area contributed by atoms with Crippen molar-refractivity contribution in [2.45, 2.75) is 18.9 Å². The van der Waals surface area contributed by atoms with E-state index in [1.807, 2.05) is 6.08 Å². The zero-order valence-corrected chi connectivity index (χ0v) is 6.34. The number of nitrogens with one attached hydrogen (secondary N) is 1. The first kappa shape index (κ1) is 7.76. The Bertz CT molecular complexity index is 112. The molecule has 57 valence electrons. The summed E-state index contributed by atoms with van der Waals surface area (Å²) in [4.78, 5) is 2.29. The molecule has 0 bridgehead atoms. The van der Waals surface area contributed by atoms with E-state index in [0.29, 0.717) is 0 Å². The minimum absolute atomic E-state index is 0.147. The van der Waals surface area contributed by atoms with Crippen LogP contribution in [0.3, 0.4) is 0 Å². The lowest BCUT2D eigenvalue weighted by molar-refractivity contribution is 0.226. The lowest BCUT2D eigenvalue weighted by Gasteiger charge is -2.28. The molecule has 1 aliphatic rings. The fraction of sp³-hybridized carbons (Fsp3) is 0.750. The molecule has 10 heavy (non-hydrogen) atoms. The van der Waals surface area contributed by atoms with Crippen LogP contribution in [0.25, 0.3) is 0 Å². The normalized spacial score (nSPS) is 28.3. The van der Waals surface area contributed by atoms with Crippen molar-refractivity contribution in [3.05, 3.63) is 12.7 Å². The van der Waals surface area contributed by atoms with Crippen LogP contribution in [-0.4, -0.2) is 30.6 Å². The Morgan fingerprint density at radius 1 is 1.70 bits per heavy atom.